The molecule has 4 N–H and O–H groups in total. The van der Waals surface area contributed by atoms with E-state index in [2.05, 4.69) is 5.32 Å². The molecule has 0 spiro atoms. The number of nitrogens with one attached hydrogen (secondary N) is 2. The van der Waals surface area contributed by atoms with Crippen LogP contribution in [0.15, 0.2) is 47.4 Å². The Morgan fingerprint density at radius 3 is 2.33 bits per heavy atom. The van der Waals surface area contributed by atoms with Gasteiger partial charge in [-0.15, -0.1) is 0 Å². The third-order valence-electron chi connectivity index (χ3n) is 4.21. The fourth-order valence-electron chi connectivity index (χ4n) is 2.69. The number of hydrogen-bond donors (Lipinski definition) is 3. The molecule has 1 atom stereocenters. The first-order valence-corrected chi connectivity index (χ1v) is 9.67. The molecule has 0 amide bonds. The van der Waals surface area contributed by atoms with E-state index in [0.29, 0.717) is 6.54 Å². The summed E-state index contributed by atoms with van der Waals surface area (Å²) in [5.41, 5.74) is 0.919. The first-order chi connectivity index (χ1) is 12.6. The van der Waals surface area contributed by atoms with E-state index >= 15 is 0 Å². The first-order valence-electron chi connectivity index (χ1n) is 8.12. The van der Waals surface area contributed by atoms with Crippen molar-refractivity contribution in [1.82, 2.24) is 0 Å². The second kappa shape index (κ2) is 8.33. The maximum atomic E-state index is 11.4. The number of primary sulfonamides is 1. The maximum absolute atomic E-state index is 11.4. The van der Waals surface area contributed by atoms with Crippen molar-refractivity contribution in [3.05, 3.63) is 58.1 Å². The van der Waals surface area contributed by atoms with Gasteiger partial charge in [0.15, 0.2) is 0 Å². The monoisotopic (exact) mass is 395 g/mol. The number of ether oxygens (including phenoxy) is 1. The predicted octanol–water partition coefficient (Wildman–Crippen LogP) is 0.549. The van der Waals surface area contributed by atoms with Crippen molar-refractivity contribution in [1.29, 1.82) is 0 Å². The van der Waals surface area contributed by atoms with Gasteiger partial charge in [0.2, 0.25) is 10.0 Å². The molecule has 146 valence electrons. The summed E-state index contributed by atoms with van der Waals surface area (Å²) in [4.78, 5) is 11.5. The quantitative estimate of drug-likeness (QED) is 0.442. The molecule has 0 unspecified atom stereocenters. The lowest BCUT2D eigenvalue weighted by Gasteiger charge is -2.23. The number of nitrogens with two attached hydrogens (primary N) is 1. The Morgan fingerprint density at radius 2 is 1.85 bits per heavy atom. The van der Waals surface area contributed by atoms with Gasteiger partial charge in [-0.05, 0) is 36.4 Å². The predicted molar refractivity (Wildman–Crippen MR) is 102 cm³/mol. The second-order valence-electron chi connectivity index (χ2n) is 6.27. The maximum Gasteiger partial charge on any atom is 0.293 e. The standard InChI is InChI=1S/C17H22N4O5S/c1-20(2)17(12-4-6-13(26-3)7-5-12)11-19-15-9-8-14(27(18,24)25)10-16(15)21(22)23/h4-10,17,19H,11H2,1-3H3,(H2,18,24,25)/p+1/t17-/m1/s1. The van der Waals surface area contributed by atoms with Crippen molar-refractivity contribution in [2.75, 3.05) is 33.1 Å². The topological polar surface area (TPSA) is 129 Å². The molecular weight excluding hydrogens is 372 g/mol. The average molecular weight is 395 g/mol. The Kier molecular flexibility index (Phi) is 6.37. The molecule has 2 aromatic carbocycles. The van der Waals surface area contributed by atoms with E-state index in [4.69, 9.17) is 9.88 Å². The summed E-state index contributed by atoms with van der Waals surface area (Å²) >= 11 is 0. The molecule has 0 bridgehead atoms. The van der Waals surface area contributed by atoms with Gasteiger partial charge in [-0.1, -0.05) is 0 Å². The number of quaternary nitrogens is 1. The van der Waals surface area contributed by atoms with Gasteiger partial charge >= 0.3 is 0 Å². The molecule has 27 heavy (non-hydrogen) atoms. The summed E-state index contributed by atoms with van der Waals surface area (Å²) in [6.45, 7) is 0.407. The molecule has 10 heteroatoms. The van der Waals surface area contributed by atoms with Crippen molar-refractivity contribution in [3.8, 4) is 5.75 Å². The number of benzene rings is 2. The summed E-state index contributed by atoms with van der Waals surface area (Å²) in [7, 11) is 1.54. The summed E-state index contributed by atoms with van der Waals surface area (Å²) in [5, 5.41) is 19.4. The van der Waals surface area contributed by atoms with Crippen molar-refractivity contribution >= 4 is 21.4 Å². The molecule has 0 aliphatic carbocycles. The number of likely N-dealkylation sites (N-methyl/N-ethyl adjacent to an activating group) is 1. The van der Waals surface area contributed by atoms with Gasteiger partial charge in [0, 0.05) is 11.6 Å². The van der Waals surface area contributed by atoms with Crippen LogP contribution in [0, 0.1) is 10.1 Å². The molecule has 0 aliphatic heterocycles. The molecule has 0 heterocycles. The van der Waals surface area contributed by atoms with Gasteiger partial charge in [-0.25, -0.2) is 13.6 Å². The van der Waals surface area contributed by atoms with Crippen LogP contribution in [0.4, 0.5) is 11.4 Å². The highest BCUT2D eigenvalue weighted by atomic mass is 32.2. The largest absolute Gasteiger partial charge is 0.497 e. The number of anilines is 1. The highest BCUT2D eigenvalue weighted by Crippen LogP contribution is 2.27. The fraction of sp³-hybridized carbons (Fsp3) is 0.294. The van der Waals surface area contributed by atoms with Crippen LogP contribution in [-0.4, -0.2) is 41.1 Å². The minimum Gasteiger partial charge on any atom is -0.497 e. The highest BCUT2D eigenvalue weighted by Gasteiger charge is 2.22. The lowest BCUT2D eigenvalue weighted by atomic mass is 10.1. The van der Waals surface area contributed by atoms with Crippen molar-refractivity contribution in [2.24, 2.45) is 5.14 Å². The third-order valence-corrected chi connectivity index (χ3v) is 5.12. The zero-order valence-corrected chi connectivity index (χ0v) is 16.1. The first kappa shape index (κ1) is 20.6. The molecule has 0 aromatic heterocycles. The summed E-state index contributed by atoms with van der Waals surface area (Å²) < 4.78 is 28.0. The van der Waals surface area contributed by atoms with E-state index < -0.39 is 14.9 Å². The Morgan fingerprint density at radius 1 is 1.22 bits per heavy atom. The van der Waals surface area contributed by atoms with E-state index in [1.165, 1.54) is 12.1 Å². The summed E-state index contributed by atoms with van der Waals surface area (Å²) in [5.74, 6) is 0.744. The lowest BCUT2D eigenvalue weighted by Crippen LogP contribution is -3.06. The molecule has 2 aromatic rings. The molecule has 0 saturated carbocycles. The van der Waals surface area contributed by atoms with Crippen LogP contribution in [0.25, 0.3) is 0 Å². The summed E-state index contributed by atoms with van der Waals surface area (Å²) in [6, 6.07) is 11.2. The van der Waals surface area contributed by atoms with Gasteiger partial charge in [0.1, 0.15) is 17.5 Å². The number of nitrogens with zero attached hydrogens (tertiary/aromatic N) is 1. The van der Waals surface area contributed by atoms with Gasteiger partial charge in [-0.3, -0.25) is 10.1 Å². The Labute approximate surface area is 157 Å². The molecule has 0 radical (unpaired) electrons. The lowest BCUT2D eigenvalue weighted by molar-refractivity contribution is -0.890. The van der Waals surface area contributed by atoms with Crippen molar-refractivity contribution in [2.45, 2.75) is 10.9 Å². The smallest absolute Gasteiger partial charge is 0.293 e. The fourth-order valence-corrected chi connectivity index (χ4v) is 3.23. The molecule has 0 saturated heterocycles. The minimum absolute atomic E-state index is 0.00780. The summed E-state index contributed by atoms with van der Waals surface area (Å²) in [6.07, 6.45) is 0. The van der Waals surface area contributed by atoms with Crippen LogP contribution in [0.1, 0.15) is 11.6 Å². The number of methoxy groups -OCH3 is 1. The van der Waals surface area contributed by atoms with Gasteiger partial charge in [-0.2, -0.15) is 0 Å². The van der Waals surface area contributed by atoms with Crippen LogP contribution in [0.5, 0.6) is 5.75 Å². The Hall–Kier alpha value is -2.69. The number of nitro benzene ring substituents is 1. The SMILES string of the molecule is COc1ccc([C@@H](CNc2ccc(S(N)(=O)=O)cc2[N+](=O)[O-])[NH+](C)C)cc1. The zero-order valence-electron chi connectivity index (χ0n) is 15.3. The normalized spacial score (nSPS) is 12.6. The van der Waals surface area contributed by atoms with E-state index in [1.807, 2.05) is 38.4 Å². The molecule has 0 aliphatic rings. The number of hydrogen-bond acceptors (Lipinski definition) is 6. The van der Waals surface area contributed by atoms with Gasteiger partial charge in [0.25, 0.3) is 5.69 Å². The molecular formula is C17H23N4O5S+. The number of nitro groups is 1. The van der Waals surface area contributed by atoms with Crippen molar-refractivity contribution in [3.63, 3.8) is 0 Å². The van der Waals surface area contributed by atoms with Crippen LogP contribution >= 0.6 is 0 Å². The number of sulfonamides is 1. The van der Waals surface area contributed by atoms with Gasteiger partial charge in [0.05, 0.1) is 37.6 Å². The van der Waals surface area contributed by atoms with E-state index in [9.17, 15) is 18.5 Å². The van der Waals surface area contributed by atoms with Crippen LogP contribution in [0.3, 0.4) is 0 Å². The second-order valence-corrected chi connectivity index (χ2v) is 7.83. The van der Waals surface area contributed by atoms with Crippen molar-refractivity contribution < 1.29 is 23.0 Å². The molecule has 2 rings (SSSR count). The van der Waals surface area contributed by atoms with Crippen LogP contribution in [-0.2, 0) is 10.0 Å². The highest BCUT2D eigenvalue weighted by molar-refractivity contribution is 7.89. The third kappa shape index (κ3) is 5.16. The molecule has 9 nitrogen and oxygen atoms in total. The Bertz CT molecular complexity index is 913. The van der Waals surface area contributed by atoms with Gasteiger partial charge < -0.3 is 15.0 Å². The van der Waals surface area contributed by atoms with E-state index in [0.717, 1.165) is 22.3 Å². The van der Waals surface area contributed by atoms with E-state index in [-0.39, 0.29) is 22.3 Å². The zero-order chi connectivity index (χ0) is 20.2. The van der Waals surface area contributed by atoms with Crippen LogP contribution < -0.4 is 20.1 Å². The molecule has 0 fully saturated rings. The minimum atomic E-state index is -4.02. The van der Waals surface area contributed by atoms with Crippen LogP contribution in [0.2, 0.25) is 0 Å². The average Bonchev–Trinajstić information content (AvgIpc) is 2.61. The number of rotatable bonds is 8. The Balaban J connectivity index is 2.27. The van der Waals surface area contributed by atoms with E-state index in [1.54, 1.807) is 7.11 Å².